The van der Waals surface area contributed by atoms with E-state index in [-0.39, 0.29) is 11.8 Å². The smallest absolute Gasteiger partial charge is 0.252 e. The lowest BCUT2D eigenvalue weighted by Crippen LogP contribution is -2.25. The van der Waals surface area contributed by atoms with Crippen molar-refractivity contribution in [1.82, 2.24) is 10.6 Å². The summed E-state index contributed by atoms with van der Waals surface area (Å²) in [5.74, 6) is -0.0931. The molecule has 6 heteroatoms. The summed E-state index contributed by atoms with van der Waals surface area (Å²) in [6.07, 6.45) is 7.59. The third-order valence-corrected chi connectivity index (χ3v) is 4.04. The van der Waals surface area contributed by atoms with Gasteiger partial charge in [0.25, 0.3) is 5.91 Å². The Bertz CT molecular complexity index is 641. The van der Waals surface area contributed by atoms with Crippen molar-refractivity contribution in [2.24, 2.45) is 4.99 Å². The molecule has 128 valence electrons. The van der Waals surface area contributed by atoms with Crippen LogP contribution in [0.2, 0.25) is 0 Å². The van der Waals surface area contributed by atoms with Gasteiger partial charge >= 0.3 is 0 Å². The van der Waals surface area contributed by atoms with Gasteiger partial charge in [0, 0.05) is 30.6 Å². The minimum absolute atomic E-state index is 0.0163. The van der Waals surface area contributed by atoms with Gasteiger partial charge in [-0.25, -0.2) is 0 Å². The lowest BCUT2D eigenvalue weighted by Gasteiger charge is -2.09. The standard InChI is InChI=1S/C18H23N3O2S/c22-17(21-14-7-6-11-19-13-14)10-2-1-5-12-20-18(23)15-8-3-4-9-16(15)24/h3-4,7-9,13,24H,1-2,5-6,10-12H2,(H,20,23)(H,21,22). The number of rotatable bonds is 8. The van der Waals surface area contributed by atoms with Crippen LogP contribution in [0.3, 0.4) is 0 Å². The first-order valence-electron chi connectivity index (χ1n) is 8.23. The molecule has 24 heavy (non-hydrogen) atoms. The van der Waals surface area contributed by atoms with Crippen molar-refractivity contribution in [3.63, 3.8) is 0 Å². The minimum atomic E-state index is -0.109. The number of amides is 2. The molecule has 0 fully saturated rings. The summed E-state index contributed by atoms with van der Waals surface area (Å²) in [4.78, 5) is 28.6. The van der Waals surface area contributed by atoms with Crippen molar-refractivity contribution < 1.29 is 9.59 Å². The predicted molar refractivity (Wildman–Crippen MR) is 98.7 cm³/mol. The van der Waals surface area contributed by atoms with E-state index in [2.05, 4.69) is 28.3 Å². The van der Waals surface area contributed by atoms with Gasteiger partial charge in [0.15, 0.2) is 0 Å². The van der Waals surface area contributed by atoms with Crippen molar-refractivity contribution in [3.05, 3.63) is 41.6 Å². The number of hydrogen-bond donors (Lipinski definition) is 3. The fourth-order valence-corrected chi connectivity index (χ4v) is 2.63. The van der Waals surface area contributed by atoms with Crippen LogP contribution in [-0.4, -0.2) is 31.1 Å². The van der Waals surface area contributed by atoms with Crippen LogP contribution in [0.25, 0.3) is 0 Å². The minimum Gasteiger partial charge on any atom is -0.352 e. The van der Waals surface area contributed by atoms with Gasteiger partial charge in [-0.05, 0) is 31.4 Å². The van der Waals surface area contributed by atoms with E-state index in [0.717, 1.165) is 37.9 Å². The molecule has 1 aromatic carbocycles. The summed E-state index contributed by atoms with van der Waals surface area (Å²) >= 11 is 4.27. The van der Waals surface area contributed by atoms with Gasteiger partial charge < -0.3 is 10.6 Å². The number of nitrogens with zero attached hydrogens (tertiary/aromatic N) is 1. The molecule has 5 nitrogen and oxygen atoms in total. The second kappa shape index (κ2) is 9.93. The van der Waals surface area contributed by atoms with Gasteiger partial charge in [-0.15, -0.1) is 12.6 Å². The average Bonchev–Trinajstić information content (AvgIpc) is 2.59. The number of unbranched alkanes of at least 4 members (excludes halogenated alkanes) is 2. The molecule has 0 saturated carbocycles. The van der Waals surface area contributed by atoms with Crippen LogP contribution < -0.4 is 10.6 Å². The zero-order valence-corrected chi connectivity index (χ0v) is 14.5. The zero-order valence-electron chi connectivity index (χ0n) is 13.6. The molecule has 0 aromatic heterocycles. The van der Waals surface area contributed by atoms with E-state index in [1.165, 1.54) is 0 Å². The van der Waals surface area contributed by atoms with Crippen LogP contribution >= 0.6 is 12.6 Å². The molecular formula is C18H23N3O2S. The highest BCUT2D eigenvalue weighted by Crippen LogP contribution is 2.12. The van der Waals surface area contributed by atoms with Gasteiger partial charge in [-0.3, -0.25) is 14.6 Å². The van der Waals surface area contributed by atoms with Gasteiger partial charge in [-0.1, -0.05) is 24.6 Å². The molecule has 1 heterocycles. The van der Waals surface area contributed by atoms with Crippen LogP contribution in [0.15, 0.2) is 45.9 Å². The molecule has 2 amide bonds. The summed E-state index contributed by atoms with van der Waals surface area (Å²) < 4.78 is 0. The fourth-order valence-electron chi connectivity index (χ4n) is 2.37. The normalized spacial score (nSPS) is 13.3. The van der Waals surface area contributed by atoms with Gasteiger partial charge in [0.2, 0.25) is 5.91 Å². The van der Waals surface area contributed by atoms with E-state index in [9.17, 15) is 9.59 Å². The third kappa shape index (κ3) is 6.20. The number of dihydropyridines is 1. The molecule has 0 radical (unpaired) electrons. The van der Waals surface area contributed by atoms with Gasteiger partial charge in [0.1, 0.15) is 0 Å². The maximum Gasteiger partial charge on any atom is 0.252 e. The number of thiol groups is 1. The van der Waals surface area contributed by atoms with Crippen LogP contribution in [0.1, 0.15) is 42.5 Å². The third-order valence-electron chi connectivity index (χ3n) is 3.65. The first-order chi connectivity index (χ1) is 11.7. The molecule has 2 N–H and O–H groups in total. The summed E-state index contributed by atoms with van der Waals surface area (Å²) in [5.41, 5.74) is 1.38. The van der Waals surface area contributed by atoms with Crippen LogP contribution in [0.5, 0.6) is 0 Å². The molecule has 1 aromatic rings. The highest BCUT2D eigenvalue weighted by Gasteiger charge is 2.08. The molecule has 0 saturated heterocycles. The molecule has 0 unspecified atom stereocenters. The molecule has 0 bridgehead atoms. The van der Waals surface area contributed by atoms with Crippen molar-refractivity contribution in [1.29, 1.82) is 0 Å². The molecular weight excluding hydrogens is 322 g/mol. The Morgan fingerprint density at radius 3 is 2.75 bits per heavy atom. The van der Waals surface area contributed by atoms with Crippen molar-refractivity contribution in [3.8, 4) is 0 Å². The number of carbonyl (C=O) groups excluding carboxylic acids is 2. The lowest BCUT2D eigenvalue weighted by molar-refractivity contribution is -0.120. The molecule has 0 atom stereocenters. The highest BCUT2D eigenvalue weighted by atomic mass is 32.1. The maximum absolute atomic E-state index is 12.0. The Morgan fingerprint density at radius 2 is 2.00 bits per heavy atom. The van der Waals surface area contributed by atoms with E-state index in [1.54, 1.807) is 18.3 Å². The Morgan fingerprint density at radius 1 is 1.17 bits per heavy atom. The van der Waals surface area contributed by atoms with E-state index in [0.29, 0.717) is 23.4 Å². The monoisotopic (exact) mass is 345 g/mol. The van der Waals surface area contributed by atoms with E-state index >= 15 is 0 Å². The second-order valence-electron chi connectivity index (χ2n) is 5.62. The van der Waals surface area contributed by atoms with E-state index in [1.807, 2.05) is 18.2 Å². The van der Waals surface area contributed by atoms with Crippen molar-refractivity contribution in [2.45, 2.75) is 37.0 Å². The molecule has 1 aliphatic rings. The molecule has 1 aliphatic heterocycles. The van der Waals surface area contributed by atoms with E-state index < -0.39 is 0 Å². The SMILES string of the molecule is O=C(CCCCCNC(=O)c1ccccc1S)NC1=CCCN=C1. The number of carbonyl (C=O) groups is 2. The van der Waals surface area contributed by atoms with Crippen LogP contribution in [-0.2, 0) is 4.79 Å². The quantitative estimate of drug-likeness (QED) is 0.501. The van der Waals surface area contributed by atoms with Gasteiger partial charge in [-0.2, -0.15) is 0 Å². The van der Waals surface area contributed by atoms with Gasteiger partial charge in [0.05, 0.1) is 11.3 Å². The summed E-state index contributed by atoms with van der Waals surface area (Å²) in [6, 6.07) is 7.22. The predicted octanol–water partition coefficient (Wildman–Crippen LogP) is 2.74. The largest absolute Gasteiger partial charge is 0.352 e. The van der Waals surface area contributed by atoms with Crippen molar-refractivity contribution in [2.75, 3.05) is 13.1 Å². The zero-order chi connectivity index (χ0) is 17.2. The number of benzene rings is 1. The number of hydrogen-bond acceptors (Lipinski definition) is 4. The first-order valence-corrected chi connectivity index (χ1v) is 8.67. The topological polar surface area (TPSA) is 70.6 Å². The Hall–Kier alpha value is -2.08. The Balaban J connectivity index is 1.56. The van der Waals surface area contributed by atoms with Crippen LogP contribution in [0, 0.1) is 0 Å². The summed E-state index contributed by atoms with van der Waals surface area (Å²) in [5, 5.41) is 5.73. The maximum atomic E-state index is 12.0. The Kier molecular flexibility index (Phi) is 7.55. The molecule has 0 aliphatic carbocycles. The van der Waals surface area contributed by atoms with Crippen LogP contribution in [0.4, 0.5) is 0 Å². The Labute approximate surface area is 148 Å². The highest BCUT2D eigenvalue weighted by molar-refractivity contribution is 7.80. The van der Waals surface area contributed by atoms with Crippen molar-refractivity contribution >= 4 is 30.7 Å². The van der Waals surface area contributed by atoms with E-state index in [4.69, 9.17) is 0 Å². The number of nitrogens with one attached hydrogen (secondary N) is 2. The first kappa shape index (κ1) is 18.3. The number of allylic oxidation sites excluding steroid dienone is 1. The fraction of sp³-hybridized carbons (Fsp3) is 0.389. The molecule has 0 spiro atoms. The average molecular weight is 345 g/mol. The second-order valence-corrected chi connectivity index (χ2v) is 6.10. The summed E-state index contributed by atoms with van der Waals surface area (Å²) in [6.45, 7) is 1.39. The number of aliphatic imine (C=N–C) groups is 1. The summed E-state index contributed by atoms with van der Waals surface area (Å²) in [7, 11) is 0. The molecule has 2 rings (SSSR count). The lowest BCUT2D eigenvalue weighted by atomic mass is 10.1.